The number of ether oxygens (including phenoxy) is 6. The van der Waals surface area contributed by atoms with Crippen LogP contribution in [0.15, 0.2) is 72.9 Å². The van der Waals surface area contributed by atoms with Gasteiger partial charge in [0.25, 0.3) is 5.91 Å². The van der Waals surface area contributed by atoms with E-state index in [-0.39, 0.29) is 22.8 Å². The van der Waals surface area contributed by atoms with Crippen molar-refractivity contribution in [1.29, 1.82) is 0 Å². The van der Waals surface area contributed by atoms with Gasteiger partial charge in [-0.15, -0.1) is 0 Å². The van der Waals surface area contributed by atoms with E-state index in [0.29, 0.717) is 74.0 Å². The lowest BCUT2D eigenvalue weighted by molar-refractivity contribution is 0.0179. The summed E-state index contributed by atoms with van der Waals surface area (Å²) in [5, 5.41) is 7.01. The molecule has 0 bridgehead atoms. The number of hydrogen-bond donors (Lipinski definition) is 3. The van der Waals surface area contributed by atoms with E-state index in [1.54, 1.807) is 44.7 Å². The smallest absolute Gasteiger partial charge is 0.255 e. The number of carbonyl (C=O) groups is 1. The minimum absolute atomic E-state index is 0.204. The Bertz CT molecular complexity index is 2290. The highest BCUT2D eigenvalue weighted by molar-refractivity contribution is 7.92. The third-order valence-electron chi connectivity index (χ3n) is 8.77. The molecule has 1 amide bonds. The predicted octanol–water partition coefficient (Wildman–Crippen LogP) is 7.35. The summed E-state index contributed by atoms with van der Waals surface area (Å²) >= 11 is 0. The fourth-order valence-electron chi connectivity index (χ4n) is 5.84. The number of carbonyl (C=O) groups excluding carboxylic acids is 1. The largest absolute Gasteiger partial charge is 0.497 e. The highest BCUT2D eigenvalue weighted by Crippen LogP contribution is 2.39. The number of nitrogens with one attached hydrogen (secondary N) is 3. The molecule has 57 heavy (non-hydrogen) atoms. The number of benzene rings is 4. The molecule has 3 N–H and O–H groups in total. The molecular weight excluding hydrogens is 751 g/mol. The molecule has 5 aromatic rings. The van der Waals surface area contributed by atoms with Crippen LogP contribution in [-0.2, 0) is 29.6 Å². The maximum Gasteiger partial charge on any atom is 0.255 e. The zero-order chi connectivity index (χ0) is 41.2. The molecular formula is C42H51N5O9S. The molecule has 304 valence electrons. The number of anilines is 4. The fraction of sp³-hybridized carbons (Fsp3) is 0.357. The average Bonchev–Trinajstić information content (AvgIpc) is 3.16. The van der Waals surface area contributed by atoms with Crippen molar-refractivity contribution in [2.24, 2.45) is 0 Å². The number of hydrogen-bond acceptors (Lipinski definition) is 12. The first-order valence-electron chi connectivity index (χ1n) is 18.3. The third-order valence-corrected chi connectivity index (χ3v) is 9.36. The van der Waals surface area contributed by atoms with Crippen molar-refractivity contribution < 1.29 is 41.6 Å². The van der Waals surface area contributed by atoms with Gasteiger partial charge in [-0.1, -0.05) is 32.9 Å². The van der Waals surface area contributed by atoms with Crippen LogP contribution in [0.5, 0.6) is 17.2 Å². The van der Waals surface area contributed by atoms with Gasteiger partial charge >= 0.3 is 0 Å². The summed E-state index contributed by atoms with van der Waals surface area (Å²) in [7, 11) is 1.02. The lowest BCUT2D eigenvalue weighted by Crippen LogP contribution is -2.18. The number of rotatable bonds is 19. The summed E-state index contributed by atoms with van der Waals surface area (Å²) in [6, 6.07) is 20.3. The summed E-state index contributed by atoms with van der Waals surface area (Å²) in [6.45, 7) is 10.7. The summed E-state index contributed by atoms with van der Waals surface area (Å²) in [5.41, 5.74) is 5.54. The van der Waals surface area contributed by atoms with Crippen molar-refractivity contribution in [3.8, 4) is 28.4 Å². The number of amides is 1. The molecule has 0 unspecified atom stereocenters. The molecule has 4 aromatic carbocycles. The van der Waals surface area contributed by atoms with Crippen LogP contribution in [0, 0.1) is 6.92 Å². The van der Waals surface area contributed by atoms with Gasteiger partial charge in [-0.2, -0.15) is 0 Å². The molecule has 0 aliphatic heterocycles. The van der Waals surface area contributed by atoms with Gasteiger partial charge in [-0.05, 0) is 71.0 Å². The van der Waals surface area contributed by atoms with Crippen LogP contribution >= 0.6 is 0 Å². The molecule has 0 saturated heterocycles. The van der Waals surface area contributed by atoms with Crippen LogP contribution in [0.25, 0.3) is 22.0 Å². The first-order valence-corrected chi connectivity index (χ1v) is 20.2. The molecule has 5 rings (SSSR count). The van der Waals surface area contributed by atoms with Crippen LogP contribution in [0.2, 0.25) is 0 Å². The molecule has 0 saturated carbocycles. The molecule has 0 fully saturated rings. The quantitative estimate of drug-likeness (QED) is 0.0712. The Kier molecular flexibility index (Phi) is 14.3. The van der Waals surface area contributed by atoms with E-state index >= 15 is 0 Å². The van der Waals surface area contributed by atoms with Gasteiger partial charge in [0.05, 0.1) is 70.4 Å². The summed E-state index contributed by atoms with van der Waals surface area (Å²) in [4.78, 5) is 23.1. The van der Waals surface area contributed by atoms with E-state index in [1.165, 1.54) is 7.11 Å². The Labute approximate surface area is 334 Å². The summed E-state index contributed by atoms with van der Waals surface area (Å²) in [6.07, 6.45) is 2.81. The molecule has 0 radical (unpaired) electrons. The normalized spacial score (nSPS) is 11.6. The standard InChI is InChI=1S/C42H51N5O9S/c1-27-9-10-29(40(48)45-37-21-31(42(2,3)4)22-38(39(37)53-7)47-57(8,49)50)20-35(27)28-11-12-36-30(19-28)26-43-41(46-36)44-32-23-33(52-6)25-34(24-32)56-18-17-55-16-15-54-14-13-51-5/h9-12,19-26,47H,13-18H2,1-8H3,(H,45,48)(H,43,44,46). The lowest BCUT2D eigenvalue weighted by atomic mass is 9.86. The SMILES string of the molecule is COCCOCCOCCOc1cc(Nc2ncc3cc(-c4cc(C(=O)Nc5cc(C(C)(C)C)cc(NS(C)(=O)=O)c5OC)ccc4C)ccc3n2)cc(OC)c1. The van der Waals surface area contributed by atoms with Gasteiger partial charge in [-0.3, -0.25) is 9.52 Å². The van der Waals surface area contributed by atoms with Gasteiger partial charge in [0.1, 0.15) is 18.1 Å². The minimum atomic E-state index is -3.63. The second-order valence-corrected chi connectivity index (χ2v) is 16.0. The Morgan fingerprint density at radius 2 is 1.49 bits per heavy atom. The number of aryl methyl sites for hydroxylation is 1. The van der Waals surface area contributed by atoms with Gasteiger partial charge in [0, 0.05) is 48.1 Å². The number of nitrogens with zero attached hydrogens (tertiary/aromatic N) is 2. The zero-order valence-electron chi connectivity index (χ0n) is 33.6. The van der Waals surface area contributed by atoms with Crippen LogP contribution in [0.3, 0.4) is 0 Å². The Balaban J connectivity index is 1.31. The molecule has 0 atom stereocenters. The van der Waals surface area contributed by atoms with Gasteiger partial charge in [0.2, 0.25) is 16.0 Å². The van der Waals surface area contributed by atoms with Gasteiger partial charge in [0.15, 0.2) is 5.75 Å². The molecule has 1 heterocycles. The van der Waals surface area contributed by atoms with Gasteiger partial charge < -0.3 is 39.1 Å². The summed E-state index contributed by atoms with van der Waals surface area (Å²) in [5.74, 6) is 1.41. The highest BCUT2D eigenvalue weighted by Gasteiger charge is 2.23. The van der Waals surface area contributed by atoms with Crippen molar-refractivity contribution in [3.63, 3.8) is 0 Å². The molecule has 0 spiro atoms. The average molecular weight is 802 g/mol. The first-order chi connectivity index (χ1) is 27.2. The highest BCUT2D eigenvalue weighted by atomic mass is 32.2. The second kappa shape index (κ2) is 19.1. The molecule has 0 aliphatic rings. The van der Waals surface area contributed by atoms with Crippen LogP contribution in [-0.4, -0.2) is 91.5 Å². The maximum atomic E-state index is 13.8. The van der Waals surface area contributed by atoms with Crippen molar-refractivity contribution in [2.45, 2.75) is 33.1 Å². The van der Waals surface area contributed by atoms with Crippen molar-refractivity contribution >= 4 is 49.8 Å². The third kappa shape index (κ3) is 12.0. The maximum absolute atomic E-state index is 13.8. The van der Waals surface area contributed by atoms with E-state index in [9.17, 15) is 13.2 Å². The van der Waals surface area contributed by atoms with Crippen LogP contribution in [0.1, 0.15) is 42.3 Å². The fourth-order valence-corrected chi connectivity index (χ4v) is 6.39. The number of sulfonamides is 1. The zero-order valence-corrected chi connectivity index (χ0v) is 34.5. The number of methoxy groups -OCH3 is 3. The predicted molar refractivity (Wildman–Crippen MR) is 223 cm³/mol. The molecule has 15 heteroatoms. The number of aromatic nitrogens is 2. The van der Waals surface area contributed by atoms with Crippen molar-refractivity contribution in [3.05, 3.63) is 89.6 Å². The second-order valence-electron chi connectivity index (χ2n) is 14.3. The van der Waals surface area contributed by atoms with Crippen LogP contribution in [0.4, 0.5) is 23.0 Å². The van der Waals surface area contributed by atoms with Gasteiger partial charge in [-0.25, -0.2) is 18.4 Å². The van der Waals surface area contributed by atoms with E-state index in [2.05, 4.69) is 20.3 Å². The number of fused-ring (bicyclic) bond motifs is 1. The first kappa shape index (κ1) is 42.7. The van der Waals surface area contributed by atoms with E-state index < -0.39 is 10.0 Å². The van der Waals surface area contributed by atoms with E-state index in [4.69, 9.17) is 33.4 Å². The Morgan fingerprint density at radius 1 is 0.789 bits per heavy atom. The van der Waals surface area contributed by atoms with Crippen LogP contribution < -0.4 is 29.6 Å². The lowest BCUT2D eigenvalue weighted by Gasteiger charge is -2.24. The Hall–Kier alpha value is -5.48. The van der Waals surface area contributed by atoms with E-state index in [1.807, 2.05) is 70.2 Å². The minimum Gasteiger partial charge on any atom is -0.497 e. The molecule has 14 nitrogen and oxygen atoms in total. The van der Waals surface area contributed by atoms with E-state index in [0.717, 1.165) is 39.4 Å². The molecule has 0 aliphatic carbocycles. The Morgan fingerprint density at radius 3 is 2.18 bits per heavy atom. The van der Waals surface area contributed by atoms with Crippen molar-refractivity contribution in [1.82, 2.24) is 9.97 Å². The molecule has 1 aromatic heterocycles. The monoisotopic (exact) mass is 801 g/mol. The topological polar surface area (TPSA) is 168 Å². The summed E-state index contributed by atoms with van der Waals surface area (Å²) < 4.78 is 59.8. The van der Waals surface area contributed by atoms with Crippen molar-refractivity contribution in [2.75, 3.05) is 82.6 Å².